The van der Waals surface area contributed by atoms with E-state index in [1.54, 1.807) is 0 Å². The molecule has 8 fully saturated rings. The van der Waals surface area contributed by atoms with E-state index in [1.165, 1.54) is 0 Å². The summed E-state index contributed by atoms with van der Waals surface area (Å²) >= 11 is 0. The van der Waals surface area contributed by atoms with Gasteiger partial charge in [0, 0.05) is 111 Å². The Balaban J connectivity index is 0.674. The second-order valence-electron chi connectivity index (χ2n) is 24.1. The van der Waals surface area contributed by atoms with Gasteiger partial charge in [0.25, 0.3) is 0 Å². The second kappa shape index (κ2) is 18.5. The van der Waals surface area contributed by atoms with Crippen LogP contribution in [0.25, 0.3) is 22.3 Å². The standard InChI is InChI=1S/C58H72N10O6/c1-35(2)67-34-59-48-31-47(61-52(51(48)67)60-39-7-8-39)38-6-14-46-49(28-38)68(42-29-41(30-42)66-32-43-11-12-44(33-66)74-43)56(73)58(46)20-26-65(27-21-58)55(72)57(3)18-24-64(25-19-57)54(71)37-16-22-63(23-17-37)40-9-4-36(5-10-40)45-13-15-50(69)62-53(45)70/h4-6,9-10,14,28,31,34-35,37,39,41-45H,7-8,11-13,15-27,29-30,32-33H2,1-3H3,(H,60,61)(H,62,69,70)/t41?,42?,43-,44?,45+/m0/s1. The van der Waals surface area contributed by atoms with E-state index in [0.717, 1.165) is 128 Å². The van der Waals surface area contributed by atoms with Crippen LogP contribution in [0.15, 0.2) is 54.9 Å². The number of ether oxygens (including phenoxy) is 1. The number of fused-ring (bicyclic) bond motifs is 5. The molecule has 9 heterocycles. The Morgan fingerprint density at radius 1 is 0.797 bits per heavy atom. The number of imidazole rings is 1. The maximum atomic E-state index is 15.4. The summed E-state index contributed by atoms with van der Waals surface area (Å²) in [5.74, 6) is 0.599. The number of pyridine rings is 1. The molecule has 13 rings (SSSR count). The Kier molecular flexibility index (Phi) is 11.9. The van der Waals surface area contributed by atoms with Crippen molar-refractivity contribution >= 4 is 57.8 Å². The number of imide groups is 1. The third-order valence-corrected chi connectivity index (χ3v) is 19.1. The Morgan fingerprint density at radius 3 is 2.18 bits per heavy atom. The molecule has 74 heavy (non-hydrogen) atoms. The van der Waals surface area contributed by atoms with Gasteiger partial charge < -0.3 is 34.2 Å². The fourth-order valence-electron chi connectivity index (χ4n) is 14.2. The maximum absolute atomic E-state index is 15.4. The molecule has 16 heteroatoms. The highest BCUT2D eigenvalue weighted by Gasteiger charge is 2.57. The number of hydrogen-bond donors (Lipinski definition) is 2. The lowest BCUT2D eigenvalue weighted by Crippen LogP contribution is -2.60. The number of hydrogen-bond acceptors (Lipinski definition) is 11. The van der Waals surface area contributed by atoms with Gasteiger partial charge in [0.2, 0.25) is 29.5 Å². The summed E-state index contributed by atoms with van der Waals surface area (Å²) in [6.45, 7) is 12.1. The summed E-state index contributed by atoms with van der Waals surface area (Å²) in [5.41, 5.74) is 6.56. The minimum atomic E-state index is -0.703. The maximum Gasteiger partial charge on any atom is 0.238 e. The van der Waals surface area contributed by atoms with Crippen LogP contribution in [-0.4, -0.2) is 141 Å². The van der Waals surface area contributed by atoms with Gasteiger partial charge >= 0.3 is 0 Å². The number of aromatic nitrogens is 3. The number of nitrogens with one attached hydrogen (secondary N) is 2. The van der Waals surface area contributed by atoms with Crippen LogP contribution in [0.1, 0.15) is 134 Å². The van der Waals surface area contributed by atoms with Gasteiger partial charge in [0.1, 0.15) is 5.52 Å². The molecule has 0 radical (unpaired) electrons. The van der Waals surface area contributed by atoms with Crippen LogP contribution in [0, 0.1) is 11.3 Å². The fraction of sp³-hybridized carbons (Fsp3) is 0.603. The van der Waals surface area contributed by atoms with E-state index in [1.807, 2.05) is 40.4 Å². The lowest BCUT2D eigenvalue weighted by atomic mass is 9.72. The number of amides is 5. The Morgan fingerprint density at radius 2 is 1.50 bits per heavy atom. The van der Waals surface area contributed by atoms with Crippen molar-refractivity contribution in [2.24, 2.45) is 11.3 Å². The summed E-state index contributed by atoms with van der Waals surface area (Å²) in [6, 6.07) is 18.0. The van der Waals surface area contributed by atoms with Gasteiger partial charge in [-0.1, -0.05) is 31.2 Å². The van der Waals surface area contributed by atoms with E-state index in [4.69, 9.17) is 14.7 Å². The number of rotatable bonds is 10. The molecule has 2 bridgehead atoms. The average Bonchev–Trinajstić information content (AvgIpc) is 3.94. The van der Waals surface area contributed by atoms with Crippen molar-refractivity contribution in [3.05, 3.63) is 66.0 Å². The molecule has 2 N–H and O–H groups in total. The molecular formula is C58H72N10O6. The number of carbonyl (C=O) groups is 5. The molecule has 390 valence electrons. The zero-order chi connectivity index (χ0) is 50.6. The van der Waals surface area contributed by atoms with Gasteiger partial charge in [-0.25, -0.2) is 9.97 Å². The molecule has 2 aromatic heterocycles. The molecule has 9 aliphatic rings. The van der Waals surface area contributed by atoms with Gasteiger partial charge in [-0.3, -0.25) is 34.2 Å². The largest absolute Gasteiger partial charge is 0.372 e. The highest BCUT2D eigenvalue weighted by atomic mass is 16.5. The first-order valence-electron chi connectivity index (χ1n) is 28.1. The lowest BCUT2D eigenvalue weighted by Gasteiger charge is -2.49. The van der Waals surface area contributed by atoms with Gasteiger partial charge in [0.15, 0.2) is 5.82 Å². The van der Waals surface area contributed by atoms with E-state index >= 15 is 4.79 Å². The predicted octanol–water partition coefficient (Wildman–Crippen LogP) is 6.92. The third kappa shape index (κ3) is 8.36. The topological polar surface area (TPSA) is 166 Å². The number of benzene rings is 2. The quantitative estimate of drug-likeness (QED) is 0.159. The van der Waals surface area contributed by atoms with Crippen molar-refractivity contribution < 1.29 is 28.7 Å². The first-order valence-corrected chi connectivity index (χ1v) is 28.1. The summed E-state index contributed by atoms with van der Waals surface area (Å²) in [4.78, 5) is 89.3. The van der Waals surface area contributed by atoms with E-state index in [9.17, 15) is 19.2 Å². The van der Waals surface area contributed by atoms with Crippen LogP contribution in [-0.2, 0) is 34.1 Å². The molecule has 16 nitrogen and oxygen atoms in total. The van der Waals surface area contributed by atoms with Crippen molar-refractivity contribution in [2.75, 3.05) is 67.5 Å². The van der Waals surface area contributed by atoms with E-state index < -0.39 is 10.8 Å². The molecule has 2 aliphatic carbocycles. The van der Waals surface area contributed by atoms with Crippen LogP contribution in [0.4, 0.5) is 17.2 Å². The van der Waals surface area contributed by atoms with Gasteiger partial charge in [-0.15, -0.1) is 0 Å². The summed E-state index contributed by atoms with van der Waals surface area (Å²) in [5, 5.41) is 6.17. The number of anilines is 3. The number of nitrogens with zero attached hydrogens (tertiary/aromatic N) is 8. The zero-order valence-corrected chi connectivity index (χ0v) is 43.4. The van der Waals surface area contributed by atoms with Crippen molar-refractivity contribution in [1.82, 2.24) is 34.6 Å². The van der Waals surface area contributed by atoms with Crippen LogP contribution < -0.4 is 20.4 Å². The summed E-state index contributed by atoms with van der Waals surface area (Å²) in [7, 11) is 0. The van der Waals surface area contributed by atoms with E-state index in [2.05, 4.69) is 74.9 Å². The Hall–Kier alpha value is -5.87. The number of carbonyl (C=O) groups excluding carboxylic acids is 5. The highest BCUT2D eigenvalue weighted by Crippen LogP contribution is 2.53. The van der Waals surface area contributed by atoms with Crippen molar-refractivity contribution in [2.45, 2.75) is 158 Å². The number of piperidine rings is 4. The minimum Gasteiger partial charge on any atom is -0.372 e. The first kappa shape index (κ1) is 47.8. The summed E-state index contributed by atoms with van der Waals surface area (Å²) < 4.78 is 8.40. The highest BCUT2D eigenvalue weighted by molar-refractivity contribution is 6.09. The van der Waals surface area contributed by atoms with Crippen LogP contribution in [0.3, 0.4) is 0 Å². The third-order valence-electron chi connectivity index (χ3n) is 19.1. The van der Waals surface area contributed by atoms with Crippen LogP contribution >= 0.6 is 0 Å². The summed E-state index contributed by atoms with van der Waals surface area (Å²) in [6.07, 6.45) is 13.9. The molecule has 1 unspecified atom stereocenters. The van der Waals surface area contributed by atoms with Gasteiger partial charge in [0.05, 0.1) is 41.1 Å². The minimum absolute atomic E-state index is 0.0496. The first-order chi connectivity index (χ1) is 35.8. The van der Waals surface area contributed by atoms with Crippen LogP contribution in [0.5, 0.6) is 0 Å². The molecule has 3 atom stereocenters. The lowest BCUT2D eigenvalue weighted by molar-refractivity contribution is -0.150. The van der Waals surface area contributed by atoms with E-state index in [-0.39, 0.29) is 53.5 Å². The molecule has 4 aromatic rings. The van der Waals surface area contributed by atoms with Crippen molar-refractivity contribution in [3.63, 3.8) is 0 Å². The van der Waals surface area contributed by atoms with Crippen molar-refractivity contribution in [3.8, 4) is 11.3 Å². The molecule has 2 aromatic carbocycles. The molecular weight excluding hydrogens is 933 g/mol. The second-order valence-corrected chi connectivity index (χ2v) is 24.1. The van der Waals surface area contributed by atoms with Gasteiger partial charge in [-0.05, 0) is 133 Å². The van der Waals surface area contributed by atoms with Gasteiger partial charge in [-0.2, -0.15) is 0 Å². The SMILES string of the molecule is CC(C)n1cnc2cc(-c3ccc4c(c3)N(C3CC(N5CC6CC[C@@H](C5)O6)C3)C(=O)C43CCN(C(=O)C4(C)CCN(C(=O)C5CCN(c6ccc([C@H]7CCC(=O)NC7=O)cc6)CC5)CC4)CC3)nc(NC3CC3)c21. The normalized spacial score (nSPS) is 28.0. The fourth-order valence-corrected chi connectivity index (χ4v) is 14.2. The number of likely N-dealkylation sites (tertiary alicyclic amines) is 3. The monoisotopic (exact) mass is 1000 g/mol. The van der Waals surface area contributed by atoms with Crippen LogP contribution in [0.2, 0.25) is 0 Å². The number of morpholine rings is 1. The molecule has 2 saturated carbocycles. The average molecular weight is 1010 g/mol. The molecule has 7 aliphatic heterocycles. The van der Waals surface area contributed by atoms with Crippen molar-refractivity contribution in [1.29, 1.82) is 0 Å². The molecule has 5 amide bonds. The zero-order valence-electron chi connectivity index (χ0n) is 43.4. The Bertz CT molecular complexity index is 2870. The molecule has 6 saturated heterocycles. The Labute approximate surface area is 433 Å². The smallest absolute Gasteiger partial charge is 0.238 e. The molecule has 1 spiro atoms. The predicted molar refractivity (Wildman–Crippen MR) is 282 cm³/mol. The van der Waals surface area contributed by atoms with E-state index in [0.29, 0.717) is 89.0 Å².